The highest BCUT2D eigenvalue weighted by atomic mass is 16.1. The van der Waals surface area contributed by atoms with Gasteiger partial charge in [-0.05, 0) is 24.5 Å². The van der Waals surface area contributed by atoms with Crippen LogP contribution in [0, 0.1) is 0 Å². The molecule has 2 rings (SSSR count). The van der Waals surface area contributed by atoms with Crippen LogP contribution in [0.4, 0.5) is 11.4 Å². The fourth-order valence-corrected chi connectivity index (χ4v) is 1.80. The Labute approximate surface area is 83.5 Å². The van der Waals surface area contributed by atoms with Crippen LogP contribution in [0.25, 0.3) is 0 Å². The van der Waals surface area contributed by atoms with Gasteiger partial charge in [-0.2, -0.15) is 0 Å². The van der Waals surface area contributed by atoms with Crippen LogP contribution in [0.2, 0.25) is 0 Å². The normalized spacial score (nSPS) is 14.1. The van der Waals surface area contributed by atoms with Gasteiger partial charge in [0.05, 0.1) is 11.4 Å². The minimum atomic E-state index is -0.0224. The number of carbonyl (C=O) groups excluding carboxylic acids is 1. The van der Waals surface area contributed by atoms with Crippen molar-refractivity contribution in [2.75, 3.05) is 17.2 Å². The van der Waals surface area contributed by atoms with Crippen molar-refractivity contribution >= 4 is 17.3 Å². The Balaban J connectivity index is 2.35. The lowest BCUT2D eigenvalue weighted by Gasteiger charge is -2.20. The zero-order valence-electron chi connectivity index (χ0n) is 8.26. The number of amides is 1. The van der Waals surface area contributed by atoms with Gasteiger partial charge in [0.25, 0.3) is 0 Å². The smallest absolute Gasteiger partial charge is 0.221 e. The summed E-state index contributed by atoms with van der Waals surface area (Å²) in [5.74, 6) is -0.0224. The molecule has 0 bridgehead atoms. The summed E-state index contributed by atoms with van der Waals surface area (Å²) in [6.07, 6.45) is 2.26. The maximum Gasteiger partial charge on any atom is 0.221 e. The van der Waals surface area contributed by atoms with Crippen LogP contribution >= 0.6 is 0 Å². The zero-order valence-corrected chi connectivity index (χ0v) is 8.26. The quantitative estimate of drug-likeness (QED) is 0.711. The minimum absolute atomic E-state index is 0.0224. The van der Waals surface area contributed by atoms with E-state index in [2.05, 4.69) is 16.7 Å². The van der Waals surface area contributed by atoms with Crippen LogP contribution in [0.15, 0.2) is 18.2 Å². The van der Waals surface area contributed by atoms with Crippen LogP contribution in [0.1, 0.15) is 18.9 Å². The zero-order chi connectivity index (χ0) is 9.97. The Hall–Kier alpha value is -1.51. The molecule has 3 nitrogen and oxygen atoms in total. The first-order chi connectivity index (χ1) is 6.77. The Morgan fingerprint density at radius 2 is 2.36 bits per heavy atom. The predicted octanol–water partition coefficient (Wildman–Crippen LogP) is 2.00. The molecule has 1 amide bonds. The number of anilines is 2. The number of nitrogens with one attached hydrogen (secondary N) is 2. The highest BCUT2D eigenvalue weighted by Gasteiger charge is 2.12. The number of aryl methyl sites for hydroxylation is 1. The highest BCUT2D eigenvalue weighted by Crippen LogP contribution is 2.29. The van der Waals surface area contributed by atoms with Crippen LogP contribution in [0.3, 0.4) is 0 Å². The van der Waals surface area contributed by atoms with E-state index in [1.54, 1.807) is 0 Å². The number of benzene rings is 1. The molecule has 0 aromatic heterocycles. The lowest BCUT2D eigenvalue weighted by molar-refractivity contribution is -0.114. The van der Waals surface area contributed by atoms with E-state index in [9.17, 15) is 4.79 Å². The lowest BCUT2D eigenvalue weighted by atomic mass is 10.0. The number of rotatable bonds is 1. The van der Waals surface area contributed by atoms with Crippen molar-refractivity contribution in [1.29, 1.82) is 0 Å². The third-order valence-corrected chi connectivity index (χ3v) is 2.39. The Morgan fingerprint density at radius 1 is 1.50 bits per heavy atom. The molecular formula is C11H14N2O. The summed E-state index contributed by atoms with van der Waals surface area (Å²) in [5.41, 5.74) is 3.28. The van der Waals surface area contributed by atoms with Gasteiger partial charge < -0.3 is 10.6 Å². The molecule has 0 aliphatic carbocycles. The van der Waals surface area contributed by atoms with E-state index in [1.165, 1.54) is 12.5 Å². The second-order valence-corrected chi connectivity index (χ2v) is 3.55. The van der Waals surface area contributed by atoms with Crippen LogP contribution in [-0.4, -0.2) is 12.5 Å². The molecule has 0 unspecified atom stereocenters. The summed E-state index contributed by atoms with van der Waals surface area (Å²) < 4.78 is 0. The van der Waals surface area contributed by atoms with Crippen molar-refractivity contribution in [3.8, 4) is 0 Å². The Bertz CT molecular complexity index is 360. The van der Waals surface area contributed by atoms with E-state index < -0.39 is 0 Å². The molecule has 0 spiro atoms. The summed E-state index contributed by atoms with van der Waals surface area (Å²) in [5, 5.41) is 6.15. The second kappa shape index (κ2) is 3.70. The first-order valence-electron chi connectivity index (χ1n) is 4.91. The van der Waals surface area contributed by atoms with E-state index in [4.69, 9.17) is 0 Å². The third kappa shape index (κ3) is 1.71. The molecule has 1 aromatic rings. The van der Waals surface area contributed by atoms with Crippen LogP contribution in [-0.2, 0) is 11.2 Å². The van der Waals surface area contributed by atoms with Crippen LogP contribution < -0.4 is 10.6 Å². The highest BCUT2D eigenvalue weighted by molar-refractivity contribution is 5.93. The van der Waals surface area contributed by atoms with Crippen molar-refractivity contribution in [1.82, 2.24) is 0 Å². The third-order valence-electron chi connectivity index (χ3n) is 2.39. The Kier molecular flexibility index (Phi) is 2.39. The van der Waals surface area contributed by atoms with E-state index in [-0.39, 0.29) is 5.91 Å². The van der Waals surface area contributed by atoms with Gasteiger partial charge in [0.15, 0.2) is 0 Å². The number of hydrogen-bond donors (Lipinski definition) is 2. The lowest BCUT2D eigenvalue weighted by Crippen LogP contribution is -2.15. The molecule has 0 saturated heterocycles. The van der Waals surface area contributed by atoms with Gasteiger partial charge in [0.1, 0.15) is 0 Å². The molecular weight excluding hydrogens is 176 g/mol. The van der Waals surface area contributed by atoms with Gasteiger partial charge in [0.2, 0.25) is 5.91 Å². The molecule has 2 N–H and O–H groups in total. The molecule has 0 atom stereocenters. The van der Waals surface area contributed by atoms with Crippen molar-refractivity contribution < 1.29 is 4.79 Å². The van der Waals surface area contributed by atoms with Crippen LogP contribution in [0.5, 0.6) is 0 Å². The summed E-state index contributed by atoms with van der Waals surface area (Å²) in [6.45, 7) is 2.52. The van der Waals surface area contributed by atoms with E-state index >= 15 is 0 Å². The minimum Gasteiger partial charge on any atom is -0.383 e. The second-order valence-electron chi connectivity index (χ2n) is 3.55. The molecule has 0 saturated carbocycles. The van der Waals surface area contributed by atoms with E-state index in [1.807, 2.05) is 12.1 Å². The maximum atomic E-state index is 11.0. The van der Waals surface area contributed by atoms with Crippen molar-refractivity contribution in [2.24, 2.45) is 0 Å². The topological polar surface area (TPSA) is 41.1 Å². The molecule has 1 aliphatic heterocycles. The van der Waals surface area contributed by atoms with Crippen molar-refractivity contribution in [2.45, 2.75) is 19.8 Å². The van der Waals surface area contributed by atoms with Gasteiger partial charge in [-0.15, -0.1) is 0 Å². The largest absolute Gasteiger partial charge is 0.383 e. The van der Waals surface area contributed by atoms with Gasteiger partial charge in [-0.25, -0.2) is 0 Å². The summed E-state index contributed by atoms with van der Waals surface area (Å²) in [7, 11) is 0. The molecule has 0 radical (unpaired) electrons. The fourth-order valence-electron chi connectivity index (χ4n) is 1.80. The van der Waals surface area contributed by atoms with Crippen molar-refractivity contribution in [3.05, 3.63) is 23.8 Å². The predicted molar refractivity (Wildman–Crippen MR) is 57.6 cm³/mol. The molecule has 1 heterocycles. The number of para-hydroxylation sites is 1. The summed E-state index contributed by atoms with van der Waals surface area (Å²) >= 11 is 0. The van der Waals surface area contributed by atoms with Gasteiger partial charge in [-0.1, -0.05) is 12.1 Å². The van der Waals surface area contributed by atoms with E-state index in [0.29, 0.717) is 0 Å². The average Bonchev–Trinajstić information content (AvgIpc) is 2.18. The molecule has 0 fully saturated rings. The fraction of sp³-hybridized carbons (Fsp3) is 0.364. The first kappa shape index (κ1) is 9.06. The number of carbonyl (C=O) groups is 1. The molecule has 1 aliphatic rings. The Morgan fingerprint density at radius 3 is 3.14 bits per heavy atom. The van der Waals surface area contributed by atoms with Gasteiger partial charge in [-0.3, -0.25) is 4.79 Å². The SMILES string of the molecule is CC(=O)Nc1cccc2c1NCCC2. The molecule has 3 heteroatoms. The number of fused-ring (bicyclic) bond motifs is 1. The molecule has 1 aromatic carbocycles. The molecule has 74 valence electrons. The van der Waals surface area contributed by atoms with Crippen molar-refractivity contribution in [3.63, 3.8) is 0 Å². The van der Waals surface area contributed by atoms with Gasteiger partial charge in [0, 0.05) is 13.5 Å². The summed E-state index contributed by atoms with van der Waals surface area (Å²) in [4.78, 5) is 11.0. The molecule has 14 heavy (non-hydrogen) atoms. The average molecular weight is 190 g/mol. The monoisotopic (exact) mass is 190 g/mol. The van der Waals surface area contributed by atoms with E-state index in [0.717, 1.165) is 30.8 Å². The first-order valence-corrected chi connectivity index (χ1v) is 4.91. The maximum absolute atomic E-state index is 11.0. The number of hydrogen-bond acceptors (Lipinski definition) is 2. The standard InChI is InChI=1S/C11H14N2O/c1-8(14)13-10-6-2-4-9-5-3-7-12-11(9)10/h2,4,6,12H,3,5,7H2,1H3,(H,13,14). The summed E-state index contributed by atoms with van der Waals surface area (Å²) in [6, 6.07) is 6.02. The van der Waals surface area contributed by atoms with Gasteiger partial charge >= 0.3 is 0 Å².